The maximum atomic E-state index is 13.4. The molecule has 0 aliphatic carbocycles. The molecule has 1 N–H and O–H groups in total. The van der Waals surface area contributed by atoms with Crippen molar-refractivity contribution in [1.82, 2.24) is 9.80 Å². The summed E-state index contributed by atoms with van der Waals surface area (Å²) in [6.45, 7) is 3.29. The molecule has 7 nitrogen and oxygen atoms in total. The van der Waals surface area contributed by atoms with Crippen LogP contribution in [0.25, 0.3) is 5.76 Å². The topological polar surface area (TPSA) is 79.3 Å². The van der Waals surface area contributed by atoms with Crippen molar-refractivity contribution < 1.29 is 24.2 Å². The largest absolute Gasteiger partial charge is 0.507 e. The number of benzene rings is 3. The predicted molar refractivity (Wildman–Crippen MR) is 145 cm³/mol. The number of aliphatic hydroxyl groups is 1. The van der Waals surface area contributed by atoms with Gasteiger partial charge in [-0.15, -0.1) is 0 Å². The van der Waals surface area contributed by atoms with Crippen molar-refractivity contribution in [2.45, 2.75) is 32.1 Å². The van der Waals surface area contributed by atoms with Crippen molar-refractivity contribution in [3.63, 3.8) is 0 Å². The van der Waals surface area contributed by atoms with E-state index in [4.69, 9.17) is 9.47 Å². The highest BCUT2D eigenvalue weighted by molar-refractivity contribution is 6.46. The number of likely N-dealkylation sites (N-methyl/N-ethyl adjacent to an activating group) is 1. The lowest BCUT2D eigenvalue weighted by Gasteiger charge is -2.27. The molecular weight excluding hydrogens is 480 g/mol. The molecule has 196 valence electrons. The van der Waals surface area contributed by atoms with Gasteiger partial charge in [-0.25, -0.2) is 0 Å². The van der Waals surface area contributed by atoms with Crippen LogP contribution in [0.1, 0.15) is 35.2 Å². The number of amides is 1. The molecule has 1 fully saturated rings. The Kier molecular flexibility index (Phi) is 7.20. The summed E-state index contributed by atoms with van der Waals surface area (Å²) in [5.74, 6) is -0.0914. The highest BCUT2D eigenvalue weighted by Crippen LogP contribution is 2.41. The second kappa shape index (κ2) is 10.7. The van der Waals surface area contributed by atoms with Gasteiger partial charge in [0, 0.05) is 25.1 Å². The van der Waals surface area contributed by atoms with Crippen LogP contribution in [-0.4, -0.2) is 59.9 Å². The lowest BCUT2D eigenvalue weighted by Crippen LogP contribution is -2.35. The number of fused-ring (bicyclic) bond motifs is 1. The van der Waals surface area contributed by atoms with Crippen LogP contribution in [0, 0.1) is 0 Å². The smallest absolute Gasteiger partial charge is 0.295 e. The molecular formula is C31H32N2O5. The zero-order chi connectivity index (χ0) is 26.8. The summed E-state index contributed by atoms with van der Waals surface area (Å²) >= 11 is 0. The number of hydrogen-bond donors (Lipinski definition) is 1. The van der Waals surface area contributed by atoms with Gasteiger partial charge in [0.2, 0.25) is 0 Å². The number of nitrogens with zero attached hydrogens (tertiary/aromatic N) is 2. The van der Waals surface area contributed by atoms with E-state index in [0.29, 0.717) is 36.6 Å². The Hall–Kier alpha value is -4.10. The lowest BCUT2D eigenvalue weighted by atomic mass is 9.94. The minimum Gasteiger partial charge on any atom is -0.507 e. The molecule has 2 heterocycles. The van der Waals surface area contributed by atoms with Crippen molar-refractivity contribution in [1.29, 1.82) is 0 Å². The van der Waals surface area contributed by atoms with Gasteiger partial charge in [-0.2, -0.15) is 0 Å². The summed E-state index contributed by atoms with van der Waals surface area (Å²) in [5, 5.41) is 11.5. The number of ether oxygens (including phenoxy) is 2. The number of Topliss-reactive ketones (excluding diaryl/α,β-unsaturated/α-hetero) is 1. The van der Waals surface area contributed by atoms with Gasteiger partial charge in [-0.05, 0) is 68.0 Å². The minimum absolute atomic E-state index is 0.0534. The number of carbonyl (C=O) groups is 2. The van der Waals surface area contributed by atoms with Crippen LogP contribution in [0.15, 0.2) is 78.4 Å². The third-order valence-corrected chi connectivity index (χ3v) is 6.92. The van der Waals surface area contributed by atoms with Crippen LogP contribution in [0.3, 0.4) is 0 Å². The fourth-order valence-electron chi connectivity index (χ4n) is 5.01. The molecule has 1 saturated heterocycles. The molecule has 2 aliphatic heterocycles. The number of hydrogen-bond acceptors (Lipinski definition) is 6. The molecule has 5 rings (SSSR count). The highest BCUT2D eigenvalue weighted by atomic mass is 16.5. The van der Waals surface area contributed by atoms with Gasteiger partial charge in [0.25, 0.3) is 11.7 Å². The van der Waals surface area contributed by atoms with Crippen LogP contribution in [0.4, 0.5) is 0 Å². The number of ketones is 1. The second-order valence-electron chi connectivity index (χ2n) is 10.1. The van der Waals surface area contributed by atoms with E-state index in [9.17, 15) is 14.7 Å². The monoisotopic (exact) mass is 512 g/mol. The third-order valence-electron chi connectivity index (χ3n) is 6.92. The molecule has 7 heteroatoms. The van der Waals surface area contributed by atoms with Gasteiger partial charge >= 0.3 is 0 Å². The second-order valence-corrected chi connectivity index (χ2v) is 10.1. The SMILES string of the molecule is CC1Cc2cc(C(O)=C3C(=O)C(=O)N(CCN(C)C)C3c3cccc(OCc4ccccc4)c3)ccc2O1. The van der Waals surface area contributed by atoms with Gasteiger partial charge in [0.1, 0.15) is 30.0 Å². The van der Waals surface area contributed by atoms with Crippen LogP contribution < -0.4 is 9.47 Å². The first-order chi connectivity index (χ1) is 18.3. The summed E-state index contributed by atoms with van der Waals surface area (Å²) in [6, 6.07) is 21.9. The maximum absolute atomic E-state index is 13.4. The van der Waals surface area contributed by atoms with E-state index in [2.05, 4.69) is 0 Å². The molecule has 3 aromatic carbocycles. The molecule has 38 heavy (non-hydrogen) atoms. The average Bonchev–Trinajstić information content (AvgIpc) is 3.41. The molecule has 0 radical (unpaired) electrons. The lowest BCUT2D eigenvalue weighted by molar-refractivity contribution is -0.140. The number of aliphatic hydroxyl groups excluding tert-OH is 1. The molecule has 2 unspecified atom stereocenters. The number of carbonyl (C=O) groups excluding carboxylic acids is 2. The standard InChI is InChI=1S/C31H32N2O5/c1-20-16-24-17-23(12-13-26(24)38-20)29(34)27-28(33(15-14-32(2)3)31(36)30(27)35)22-10-7-11-25(18-22)37-19-21-8-5-4-6-9-21/h4-13,17-18,20,28,34H,14-16,19H2,1-3H3. The summed E-state index contributed by atoms with van der Waals surface area (Å²) in [6.07, 6.45) is 0.773. The Bertz CT molecular complexity index is 1380. The van der Waals surface area contributed by atoms with E-state index in [1.54, 1.807) is 11.0 Å². The van der Waals surface area contributed by atoms with Crippen LogP contribution in [-0.2, 0) is 22.6 Å². The van der Waals surface area contributed by atoms with E-state index in [0.717, 1.165) is 23.3 Å². The normalized spacial score (nSPS) is 20.1. The molecule has 0 spiro atoms. The summed E-state index contributed by atoms with van der Waals surface area (Å²) in [4.78, 5) is 30.1. The van der Waals surface area contributed by atoms with Crippen LogP contribution in [0.5, 0.6) is 11.5 Å². The Morgan fingerprint density at radius 3 is 2.61 bits per heavy atom. The zero-order valence-corrected chi connectivity index (χ0v) is 21.9. The number of rotatable bonds is 8. The molecule has 0 bridgehead atoms. The van der Waals surface area contributed by atoms with Crippen molar-refractivity contribution in [2.24, 2.45) is 0 Å². The van der Waals surface area contributed by atoms with E-state index >= 15 is 0 Å². The quantitative estimate of drug-likeness (QED) is 0.271. The Labute approximate surface area is 222 Å². The fourth-order valence-corrected chi connectivity index (χ4v) is 5.01. The van der Waals surface area contributed by atoms with Crippen molar-refractivity contribution in [3.8, 4) is 11.5 Å². The first-order valence-electron chi connectivity index (χ1n) is 12.8. The zero-order valence-electron chi connectivity index (χ0n) is 21.9. The molecule has 2 atom stereocenters. The van der Waals surface area contributed by atoms with Crippen LogP contribution in [0.2, 0.25) is 0 Å². The predicted octanol–water partition coefficient (Wildman–Crippen LogP) is 4.57. The first-order valence-corrected chi connectivity index (χ1v) is 12.8. The third kappa shape index (κ3) is 5.15. The van der Waals surface area contributed by atoms with E-state index in [1.165, 1.54) is 0 Å². The Morgan fingerprint density at radius 1 is 1.05 bits per heavy atom. The highest BCUT2D eigenvalue weighted by Gasteiger charge is 2.46. The van der Waals surface area contributed by atoms with E-state index < -0.39 is 17.7 Å². The summed E-state index contributed by atoms with van der Waals surface area (Å²) < 4.78 is 11.8. The van der Waals surface area contributed by atoms with Gasteiger partial charge in [-0.1, -0.05) is 42.5 Å². The van der Waals surface area contributed by atoms with Gasteiger partial charge in [0.15, 0.2) is 0 Å². The average molecular weight is 513 g/mol. The van der Waals surface area contributed by atoms with E-state index in [1.807, 2.05) is 92.6 Å². The van der Waals surface area contributed by atoms with Crippen molar-refractivity contribution in [3.05, 3.63) is 101 Å². The summed E-state index contributed by atoms with van der Waals surface area (Å²) in [7, 11) is 3.83. The minimum atomic E-state index is -0.737. The van der Waals surface area contributed by atoms with Gasteiger partial charge in [-0.3, -0.25) is 9.59 Å². The maximum Gasteiger partial charge on any atom is 0.295 e. The first kappa shape index (κ1) is 25.5. The molecule has 1 amide bonds. The van der Waals surface area contributed by atoms with Crippen molar-refractivity contribution in [2.75, 3.05) is 27.2 Å². The molecule has 0 saturated carbocycles. The Morgan fingerprint density at radius 2 is 1.84 bits per heavy atom. The summed E-state index contributed by atoms with van der Waals surface area (Å²) in [5.41, 5.74) is 3.28. The molecule has 3 aromatic rings. The molecule has 2 aliphatic rings. The van der Waals surface area contributed by atoms with Crippen molar-refractivity contribution >= 4 is 17.4 Å². The van der Waals surface area contributed by atoms with E-state index in [-0.39, 0.29) is 17.4 Å². The fraction of sp³-hybridized carbons (Fsp3) is 0.290. The Balaban J connectivity index is 1.53. The number of likely N-dealkylation sites (tertiary alicyclic amines) is 1. The van der Waals surface area contributed by atoms with Crippen LogP contribution >= 0.6 is 0 Å². The molecule has 0 aromatic heterocycles. The van der Waals surface area contributed by atoms with Gasteiger partial charge < -0.3 is 24.4 Å². The van der Waals surface area contributed by atoms with Gasteiger partial charge in [0.05, 0.1) is 11.6 Å².